The Morgan fingerprint density at radius 1 is 1.69 bits per heavy atom. The van der Waals surface area contributed by atoms with Gasteiger partial charge in [0.1, 0.15) is 6.04 Å². The number of hydrogen-bond donors (Lipinski definition) is 2. The van der Waals surface area contributed by atoms with E-state index in [1.165, 1.54) is 0 Å². The zero-order valence-electron chi connectivity index (χ0n) is 7.58. The topological polar surface area (TPSA) is 81.4 Å². The molecule has 1 amide bonds. The lowest BCUT2D eigenvalue weighted by Crippen LogP contribution is -2.53. The molecule has 1 fully saturated rings. The fraction of sp³-hybridized carbons (Fsp3) is 0.750. The molecule has 0 aliphatic carbocycles. The third-order valence-electron chi connectivity index (χ3n) is 1.99. The van der Waals surface area contributed by atoms with Crippen molar-refractivity contribution in [2.75, 3.05) is 6.61 Å². The summed E-state index contributed by atoms with van der Waals surface area (Å²) in [5, 5.41) is 2.51. The molecule has 0 bridgehead atoms. The Labute approximate surface area is 76.6 Å². The van der Waals surface area contributed by atoms with E-state index in [0.29, 0.717) is 19.4 Å². The summed E-state index contributed by atoms with van der Waals surface area (Å²) in [4.78, 5) is 22.2. The number of nitrogens with one attached hydrogen (secondary N) is 1. The zero-order chi connectivity index (χ0) is 9.84. The van der Waals surface area contributed by atoms with Gasteiger partial charge in [-0.3, -0.25) is 4.79 Å². The third kappa shape index (κ3) is 2.42. The van der Waals surface area contributed by atoms with Crippen LogP contribution in [0.5, 0.6) is 0 Å². The molecule has 1 aliphatic rings. The summed E-state index contributed by atoms with van der Waals surface area (Å²) in [6.45, 7) is 2.06. The van der Waals surface area contributed by atoms with Crippen LogP contribution in [0.15, 0.2) is 0 Å². The van der Waals surface area contributed by atoms with Gasteiger partial charge in [0, 0.05) is 0 Å². The van der Waals surface area contributed by atoms with Crippen molar-refractivity contribution < 1.29 is 14.3 Å². The minimum atomic E-state index is -0.507. The molecule has 1 aliphatic heterocycles. The van der Waals surface area contributed by atoms with Gasteiger partial charge >= 0.3 is 5.97 Å². The molecule has 1 heterocycles. The predicted molar refractivity (Wildman–Crippen MR) is 45.8 cm³/mol. The van der Waals surface area contributed by atoms with Gasteiger partial charge in [-0.1, -0.05) is 0 Å². The van der Waals surface area contributed by atoms with Crippen LogP contribution in [-0.4, -0.2) is 30.6 Å². The Hall–Kier alpha value is -1.10. The van der Waals surface area contributed by atoms with Gasteiger partial charge in [-0.15, -0.1) is 0 Å². The minimum absolute atomic E-state index is 0.274. The molecule has 0 aromatic carbocycles. The molecule has 5 nitrogen and oxygen atoms in total. The summed E-state index contributed by atoms with van der Waals surface area (Å²) in [6.07, 6.45) is 1.10. The summed E-state index contributed by atoms with van der Waals surface area (Å²) in [6, 6.07) is -0.988. The van der Waals surface area contributed by atoms with Gasteiger partial charge in [0.25, 0.3) is 0 Å². The fourth-order valence-electron chi connectivity index (χ4n) is 1.25. The van der Waals surface area contributed by atoms with Gasteiger partial charge in [-0.25, -0.2) is 4.79 Å². The highest BCUT2D eigenvalue weighted by molar-refractivity contribution is 5.88. The molecule has 74 valence electrons. The predicted octanol–water partition coefficient (Wildman–Crippen LogP) is -0.845. The van der Waals surface area contributed by atoms with E-state index >= 15 is 0 Å². The van der Waals surface area contributed by atoms with Gasteiger partial charge in [0.05, 0.1) is 12.6 Å². The lowest BCUT2D eigenvalue weighted by Gasteiger charge is -2.25. The third-order valence-corrected chi connectivity index (χ3v) is 1.99. The highest BCUT2D eigenvalue weighted by Gasteiger charge is 2.30. The van der Waals surface area contributed by atoms with Crippen molar-refractivity contribution in [3.05, 3.63) is 0 Å². The SMILES string of the molecule is CCOC(=O)C1CCC(N)C(=O)N1. The molecule has 0 saturated carbocycles. The number of piperidine rings is 1. The smallest absolute Gasteiger partial charge is 0.328 e. The van der Waals surface area contributed by atoms with Crippen LogP contribution in [0.3, 0.4) is 0 Å². The lowest BCUT2D eigenvalue weighted by atomic mass is 10.0. The van der Waals surface area contributed by atoms with Crippen LogP contribution in [0.4, 0.5) is 0 Å². The Kier molecular flexibility index (Phi) is 3.25. The van der Waals surface area contributed by atoms with E-state index in [9.17, 15) is 9.59 Å². The zero-order valence-corrected chi connectivity index (χ0v) is 7.58. The number of rotatable bonds is 2. The maximum atomic E-state index is 11.2. The minimum Gasteiger partial charge on any atom is -0.464 e. The second-order valence-electron chi connectivity index (χ2n) is 3.00. The fourth-order valence-corrected chi connectivity index (χ4v) is 1.25. The van der Waals surface area contributed by atoms with Crippen LogP contribution in [0.1, 0.15) is 19.8 Å². The molecular formula is C8H14N2O3. The number of carbonyl (C=O) groups excluding carboxylic acids is 2. The standard InChI is InChI=1S/C8H14N2O3/c1-2-13-8(12)6-4-3-5(9)7(11)10-6/h5-6H,2-4,9H2,1H3,(H,10,11). The molecule has 5 heteroatoms. The van der Waals surface area contributed by atoms with Crippen molar-refractivity contribution in [3.8, 4) is 0 Å². The van der Waals surface area contributed by atoms with Crippen molar-refractivity contribution >= 4 is 11.9 Å². The second kappa shape index (κ2) is 4.23. The van der Waals surface area contributed by atoms with Gasteiger partial charge in [-0.2, -0.15) is 0 Å². The summed E-state index contributed by atoms with van der Waals surface area (Å²) < 4.78 is 4.77. The number of carbonyl (C=O) groups is 2. The summed E-state index contributed by atoms with van der Waals surface area (Å²) >= 11 is 0. The number of hydrogen-bond acceptors (Lipinski definition) is 4. The lowest BCUT2D eigenvalue weighted by molar-refractivity contribution is -0.148. The van der Waals surface area contributed by atoms with Crippen molar-refractivity contribution in [2.45, 2.75) is 31.8 Å². The van der Waals surface area contributed by atoms with Gasteiger partial charge in [0.15, 0.2) is 0 Å². The first-order valence-electron chi connectivity index (χ1n) is 4.37. The first-order valence-corrected chi connectivity index (χ1v) is 4.37. The van der Waals surface area contributed by atoms with Crippen molar-refractivity contribution in [3.63, 3.8) is 0 Å². The first kappa shape index (κ1) is 9.98. The largest absolute Gasteiger partial charge is 0.464 e. The molecule has 1 rings (SSSR count). The Morgan fingerprint density at radius 3 is 2.92 bits per heavy atom. The monoisotopic (exact) mass is 186 g/mol. The summed E-state index contributed by atoms with van der Waals surface area (Å²) in [5.74, 6) is -0.646. The van der Waals surface area contributed by atoms with Crippen molar-refractivity contribution in [1.82, 2.24) is 5.32 Å². The molecule has 3 N–H and O–H groups in total. The Morgan fingerprint density at radius 2 is 2.38 bits per heavy atom. The number of amides is 1. The maximum Gasteiger partial charge on any atom is 0.328 e. The Bertz CT molecular complexity index is 217. The van der Waals surface area contributed by atoms with Crippen LogP contribution in [-0.2, 0) is 14.3 Å². The average molecular weight is 186 g/mol. The highest BCUT2D eigenvalue weighted by Crippen LogP contribution is 2.08. The summed E-state index contributed by atoms with van der Waals surface area (Å²) in [5.41, 5.74) is 5.45. The number of nitrogens with two attached hydrogens (primary N) is 1. The van der Waals surface area contributed by atoms with E-state index in [-0.39, 0.29) is 11.9 Å². The van der Waals surface area contributed by atoms with E-state index < -0.39 is 12.1 Å². The number of esters is 1. The average Bonchev–Trinajstić information content (AvgIpc) is 2.10. The van der Waals surface area contributed by atoms with E-state index in [1.54, 1.807) is 6.92 Å². The van der Waals surface area contributed by atoms with Gasteiger partial charge < -0.3 is 15.8 Å². The Balaban J connectivity index is 2.45. The van der Waals surface area contributed by atoms with Crippen LogP contribution in [0, 0.1) is 0 Å². The summed E-state index contributed by atoms with van der Waals surface area (Å²) in [7, 11) is 0. The molecule has 2 atom stereocenters. The van der Waals surface area contributed by atoms with Crippen LogP contribution in [0.2, 0.25) is 0 Å². The van der Waals surface area contributed by atoms with Crippen molar-refractivity contribution in [2.24, 2.45) is 5.73 Å². The molecule has 0 aromatic heterocycles. The van der Waals surface area contributed by atoms with Gasteiger partial charge in [0.2, 0.25) is 5.91 Å². The molecule has 0 aromatic rings. The van der Waals surface area contributed by atoms with Crippen molar-refractivity contribution in [1.29, 1.82) is 0 Å². The first-order chi connectivity index (χ1) is 6.15. The van der Waals surface area contributed by atoms with Crippen LogP contribution < -0.4 is 11.1 Å². The van der Waals surface area contributed by atoms with E-state index in [1.807, 2.05) is 0 Å². The highest BCUT2D eigenvalue weighted by atomic mass is 16.5. The maximum absolute atomic E-state index is 11.2. The van der Waals surface area contributed by atoms with Crippen LogP contribution in [0.25, 0.3) is 0 Å². The molecule has 1 saturated heterocycles. The normalized spacial score (nSPS) is 28.0. The van der Waals surface area contributed by atoms with Crippen LogP contribution >= 0.6 is 0 Å². The van der Waals surface area contributed by atoms with E-state index in [4.69, 9.17) is 10.5 Å². The quantitative estimate of drug-likeness (QED) is 0.551. The van der Waals surface area contributed by atoms with E-state index in [2.05, 4.69) is 5.32 Å². The molecular weight excluding hydrogens is 172 g/mol. The molecule has 0 spiro atoms. The van der Waals surface area contributed by atoms with E-state index in [0.717, 1.165) is 0 Å². The second-order valence-corrected chi connectivity index (χ2v) is 3.00. The van der Waals surface area contributed by atoms with Gasteiger partial charge in [-0.05, 0) is 19.8 Å². The number of ether oxygens (including phenoxy) is 1. The molecule has 2 unspecified atom stereocenters. The molecule has 13 heavy (non-hydrogen) atoms. The molecule has 0 radical (unpaired) electrons.